The monoisotopic (exact) mass is 240 g/mol. The van der Waals surface area contributed by atoms with E-state index in [-0.39, 0.29) is 0 Å². The van der Waals surface area contributed by atoms with Crippen molar-refractivity contribution in [1.82, 2.24) is 0 Å². The molecule has 0 spiro atoms. The van der Waals surface area contributed by atoms with E-state index in [1.165, 1.54) is 38.5 Å². The van der Waals surface area contributed by atoms with E-state index in [1.54, 1.807) is 0 Å². The first-order chi connectivity index (χ1) is 8.35. The number of aliphatic imine (C=N–C) groups is 1. The molecule has 0 aromatic carbocycles. The molecule has 3 nitrogen and oxygen atoms in total. The van der Waals surface area contributed by atoms with Gasteiger partial charge in [0.15, 0.2) is 5.84 Å². The van der Waals surface area contributed by atoms with Crippen LogP contribution < -0.4 is 0 Å². The van der Waals surface area contributed by atoms with Crippen LogP contribution in [0.1, 0.15) is 78.1 Å². The molecule has 0 saturated carbocycles. The van der Waals surface area contributed by atoms with E-state index in [2.05, 4.69) is 24.0 Å². The second kappa shape index (κ2) is 13.3. The van der Waals surface area contributed by atoms with Crippen LogP contribution >= 0.6 is 0 Å². The maximum absolute atomic E-state index is 10.5. The Morgan fingerprint density at radius 2 is 1.41 bits per heavy atom. The normalized spacial score (nSPS) is 11.8. The Kier molecular flexibility index (Phi) is 12.8. The molecule has 0 heterocycles. The zero-order chi connectivity index (χ0) is 12.8. The molecular formula is C14H28N2O. The number of nitrogens with zero attached hydrogens (tertiary/aromatic N) is 2. The summed E-state index contributed by atoms with van der Waals surface area (Å²) in [5.74, 6) is 0.520. The maximum Gasteiger partial charge on any atom is 0.168 e. The fraction of sp³-hybridized carbons (Fsp3) is 0.929. The average Bonchev–Trinajstić information content (AvgIpc) is 2.35. The summed E-state index contributed by atoms with van der Waals surface area (Å²) in [7, 11) is 0. The summed E-state index contributed by atoms with van der Waals surface area (Å²) >= 11 is 0. The number of rotatable bonds is 11. The van der Waals surface area contributed by atoms with Gasteiger partial charge >= 0.3 is 0 Å². The van der Waals surface area contributed by atoms with Gasteiger partial charge in [-0.3, -0.25) is 4.99 Å². The van der Waals surface area contributed by atoms with Gasteiger partial charge in [0.1, 0.15) is 0 Å². The van der Waals surface area contributed by atoms with Gasteiger partial charge in [0, 0.05) is 13.0 Å². The molecule has 100 valence electrons. The van der Waals surface area contributed by atoms with E-state index in [9.17, 15) is 4.91 Å². The number of unbranched alkanes of at least 4 members (excludes halogenated alkanes) is 7. The fourth-order valence-electron chi connectivity index (χ4n) is 1.79. The largest absolute Gasteiger partial charge is 0.268 e. The summed E-state index contributed by atoms with van der Waals surface area (Å²) in [6, 6.07) is 0. The summed E-state index contributed by atoms with van der Waals surface area (Å²) in [4.78, 5) is 14.8. The number of hydrogen-bond acceptors (Lipinski definition) is 2. The highest BCUT2D eigenvalue weighted by Crippen LogP contribution is 2.06. The maximum atomic E-state index is 10.5. The van der Waals surface area contributed by atoms with E-state index < -0.39 is 0 Å². The zero-order valence-electron chi connectivity index (χ0n) is 11.6. The number of amidine groups is 1. The summed E-state index contributed by atoms with van der Waals surface area (Å²) in [6.45, 7) is 5.16. The van der Waals surface area contributed by atoms with E-state index in [0.29, 0.717) is 5.84 Å². The highest BCUT2D eigenvalue weighted by atomic mass is 16.3. The molecule has 0 fully saturated rings. The quantitative estimate of drug-likeness (QED) is 0.214. The molecule has 0 aromatic heterocycles. The van der Waals surface area contributed by atoms with Crippen LogP contribution in [-0.4, -0.2) is 12.4 Å². The topological polar surface area (TPSA) is 41.8 Å². The van der Waals surface area contributed by atoms with Gasteiger partial charge in [-0.05, 0) is 18.0 Å². The van der Waals surface area contributed by atoms with E-state index in [1.807, 2.05) is 0 Å². The third kappa shape index (κ3) is 11.5. The molecule has 0 bridgehead atoms. The molecular weight excluding hydrogens is 212 g/mol. The first-order valence-corrected chi connectivity index (χ1v) is 7.21. The van der Waals surface area contributed by atoms with Gasteiger partial charge in [-0.2, -0.15) is 0 Å². The van der Waals surface area contributed by atoms with Crippen LogP contribution in [-0.2, 0) is 0 Å². The van der Waals surface area contributed by atoms with Crippen molar-refractivity contribution in [2.45, 2.75) is 78.1 Å². The Balaban J connectivity index is 3.47. The van der Waals surface area contributed by atoms with Crippen molar-refractivity contribution in [1.29, 1.82) is 0 Å². The van der Waals surface area contributed by atoms with Gasteiger partial charge in [0.2, 0.25) is 0 Å². The van der Waals surface area contributed by atoms with Crippen LogP contribution in [0.4, 0.5) is 0 Å². The minimum atomic E-state index is 0.520. The molecule has 0 aliphatic rings. The van der Waals surface area contributed by atoms with E-state index >= 15 is 0 Å². The smallest absolute Gasteiger partial charge is 0.168 e. The van der Waals surface area contributed by atoms with Gasteiger partial charge < -0.3 is 0 Å². The lowest BCUT2D eigenvalue weighted by molar-refractivity contribution is 0.611. The Hall–Kier alpha value is -0.730. The van der Waals surface area contributed by atoms with Gasteiger partial charge in [0.25, 0.3) is 0 Å². The molecule has 3 heteroatoms. The Labute approximate surface area is 106 Å². The van der Waals surface area contributed by atoms with Crippen LogP contribution in [0.2, 0.25) is 0 Å². The fourth-order valence-corrected chi connectivity index (χ4v) is 1.79. The molecule has 17 heavy (non-hydrogen) atoms. The predicted molar refractivity (Wildman–Crippen MR) is 75.6 cm³/mol. The second-order valence-electron chi connectivity index (χ2n) is 4.61. The summed E-state index contributed by atoms with van der Waals surface area (Å²) < 4.78 is 0. The molecule has 0 radical (unpaired) electrons. The molecule has 0 atom stereocenters. The first kappa shape index (κ1) is 16.3. The Morgan fingerprint density at radius 3 is 2.06 bits per heavy atom. The summed E-state index contributed by atoms with van der Waals surface area (Å²) in [6.07, 6.45) is 11.7. The minimum absolute atomic E-state index is 0.520. The molecule has 0 rings (SSSR count). The van der Waals surface area contributed by atoms with E-state index in [4.69, 9.17) is 0 Å². The van der Waals surface area contributed by atoms with Gasteiger partial charge in [0.05, 0.1) is 0 Å². The predicted octanol–water partition coefficient (Wildman–Crippen LogP) is 5.09. The van der Waals surface area contributed by atoms with Crippen molar-refractivity contribution in [3.63, 3.8) is 0 Å². The van der Waals surface area contributed by atoms with Gasteiger partial charge in [-0.25, -0.2) is 0 Å². The third-order valence-corrected chi connectivity index (χ3v) is 2.92. The summed E-state index contributed by atoms with van der Waals surface area (Å²) in [5.41, 5.74) is 0. The molecule has 0 saturated heterocycles. The molecule has 0 aliphatic heterocycles. The highest BCUT2D eigenvalue weighted by molar-refractivity contribution is 5.82. The van der Waals surface area contributed by atoms with Crippen molar-refractivity contribution < 1.29 is 0 Å². The Morgan fingerprint density at radius 1 is 0.824 bits per heavy atom. The third-order valence-electron chi connectivity index (χ3n) is 2.92. The number of hydrogen-bond donors (Lipinski definition) is 0. The van der Waals surface area contributed by atoms with Crippen molar-refractivity contribution >= 4 is 5.84 Å². The molecule has 0 aliphatic carbocycles. The van der Waals surface area contributed by atoms with Crippen molar-refractivity contribution in [3.05, 3.63) is 4.91 Å². The van der Waals surface area contributed by atoms with Crippen LogP contribution in [0.15, 0.2) is 10.2 Å². The van der Waals surface area contributed by atoms with Gasteiger partial charge in [-0.1, -0.05) is 58.8 Å². The molecule has 0 amide bonds. The number of nitroso groups, excluding NO2 is 1. The lowest BCUT2D eigenvalue weighted by Gasteiger charge is -1.99. The van der Waals surface area contributed by atoms with Crippen molar-refractivity contribution in [2.24, 2.45) is 10.2 Å². The lowest BCUT2D eigenvalue weighted by atomic mass is 10.1. The second-order valence-corrected chi connectivity index (χ2v) is 4.61. The van der Waals surface area contributed by atoms with Crippen LogP contribution in [0.3, 0.4) is 0 Å². The molecule has 0 N–H and O–H groups in total. The minimum Gasteiger partial charge on any atom is -0.268 e. The van der Waals surface area contributed by atoms with Crippen LogP contribution in [0.25, 0.3) is 0 Å². The SMILES string of the molecule is CCCCCCCCN=C(CCCCC)N=O. The molecule has 0 aromatic rings. The highest BCUT2D eigenvalue weighted by Gasteiger charge is 1.98. The standard InChI is InChI=1S/C14H28N2O/c1-3-5-7-8-9-11-13-15-14(16-17)12-10-6-4-2/h3-13H2,1-2H3. The lowest BCUT2D eigenvalue weighted by Crippen LogP contribution is -1.95. The molecule has 0 unspecified atom stereocenters. The van der Waals surface area contributed by atoms with Crippen LogP contribution in [0, 0.1) is 4.91 Å². The summed E-state index contributed by atoms with van der Waals surface area (Å²) in [5, 5.41) is 3.01. The Bertz CT molecular complexity index is 202. The average molecular weight is 240 g/mol. The van der Waals surface area contributed by atoms with Crippen molar-refractivity contribution in [2.75, 3.05) is 6.54 Å². The zero-order valence-corrected chi connectivity index (χ0v) is 11.6. The first-order valence-electron chi connectivity index (χ1n) is 7.21. The van der Waals surface area contributed by atoms with Crippen LogP contribution in [0.5, 0.6) is 0 Å². The van der Waals surface area contributed by atoms with E-state index in [0.717, 1.165) is 32.2 Å². The van der Waals surface area contributed by atoms with Gasteiger partial charge in [-0.15, -0.1) is 4.91 Å². The van der Waals surface area contributed by atoms with Crippen molar-refractivity contribution in [3.8, 4) is 0 Å².